The Morgan fingerprint density at radius 2 is 1.59 bits per heavy atom. The van der Waals surface area contributed by atoms with Crippen molar-refractivity contribution >= 4 is 11.8 Å². The first kappa shape index (κ1) is 19.5. The number of nitrogens with one attached hydrogen (secondary N) is 1. The van der Waals surface area contributed by atoms with E-state index in [2.05, 4.69) is 17.4 Å². The van der Waals surface area contributed by atoms with Gasteiger partial charge < -0.3 is 15.0 Å². The van der Waals surface area contributed by atoms with E-state index < -0.39 is 0 Å². The van der Waals surface area contributed by atoms with Crippen molar-refractivity contribution in [3.8, 4) is 16.9 Å². The molecule has 0 unspecified atom stereocenters. The summed E-state index contributed by atoms with van der Waals surface area (Å²) < 4.78 is 5.94. The van der Waals surface area contributed by atoms with Crippen LogP contribution in [0.15, 0.2) is 54.6 Å². The molecule has 0 spiro atoms. The molecule has 2 aromatic rings. The summed E-state index contributed by atoms with van der Waals surface area (Å²) in [6.07, 6.45) is 3.57. The average molecular weight is 392 g/mol. The summed E-state index contributed by atoms with van der Waals surface area (Å²) >= 11 is 0. The van der Waals surface area contributed by atoms with Gasteiger partial charge in [-0.25, -0.2) is 0 Å². The second kappa shape index (κ2) is 9.12. The van der Waals surface area contributed by atoms with Gasteiger partial charge in [0.15, 0.2) is 0 Å². The van der Waals surface area contributed by atoms with E-state index in [0.717, 1.165) is 42.6 Å². The monoisotopic (exact) mass is 392 g/mol. The Morgan fingerprint density at radius 1 is 0.897 bits per heavy atom. The lowest BCUT2D eigenvalue weighted by Crippen LogP contribution is -2.44. The SMILES string of the molecule is O=C(NCCOc1ccccc1-c1ccccc1)C1CCN(C(=O)C2CC2)CC1. The molecule has 0 radical (unpaired) electrons. The number of nitrogens with zero attached hydrogens (tertiary/aromatic N) is 1. The zero-order valence-corrected chi connectivity index (χ0v) is 16.7. The van der Waals surface area contributed by atoms with E-state index in [4.69, 9.17) is 4.74 Å². The first-order valence-electron chi connectivity index (χ1n) is 10.6. The molecule has 1 N–H and O–H groups in total. The molecule has 2 aromatic carbocycles. The van der Waals surface area contributed by atoms with Gasteiger partial charge in [0.2, 0.25) is 11.8 Å². The van der Waals surface area contributed by atoms with Crippen LogP contribution in [0.3, 0.4) is 0 Å². The largest absolute Gasteiger partial charge is 0.491 e. The summed E-state index contributed by atoms with van der Waals surface area (Å²) in [7, 11) is 0. The number of benzene rings is 2. The quantitative estimate of drug-likeness (QED) is 0.734. The number of piperidine rings is 1. The van der Waals surface area contributed by atoms with Crippen molar-refractivity contribution in [1.29, 1.82) is 0 Å². The molecule has 0 atom stereocenters. The highest BCUT2D eigenvalue weighted by Crippen LogP contribution is 2.32. The molecule has 1 saturated carbocycles. The Labute approximate surface area is 172 Å². The van der Waals surface area contributed by atoms with Gasteiger partial charge in [-0.2, -0.15) is 0 Å². The van der Waals surface area contributed by atoms with Gasteiger partial charge in [-0.05, 0) is 37.3 Å². The maximum Gasteiger partial charge on any atom is 0.225 e. The maximum atomic E-state index is 12.5. The zero-order chi connectivity index (χ0) is 20.1. The normalized spacial score (nSPS) is 17.0. The lowest BCUT2D eigenvalue weighted by atomic mass is 9.95. The first-order chi connectivity index (χ1) is 14.2. The summed E-state index contributed by atoms with van der Waals surface area (Å²) in [5.41, 5.74) is 2.16. The molecular weight excluding hydrogens is 364 g/mol. The molecule has 0 aromatic heterocycles. The minimum Gasteiger partial charge on any atom is -0.491 e. The van der Waals surface area contributed by atoms with Crippen molar-refractivity contribution in [3.05, 3.63) is 54.6 Å². The van der Waals surface area contributed by atoms with Crippen molar-refractivity contribution in [2.24, 2.45) is 11.8 Å². The van der Waals surface area contributed by atoms with Gasteiger partial charge in [-0.15, -0.1) is 0 Å². The van der Waals surface area contributed by atoms with E-state index in [9.17, 15) is 9.59 Å². The fourth-order valence-corrected chi connectivity index (χ4v) is 3.88. The van der Waals surface area contributed by atoms with Crippen LogP contribution in [0.2, 0.25) is 0 Å². The van der Waals surface area contributed by atoms with Gasteiger partial charge in [0.05, 0.1) is 6.54 Å². The molecule has 4 rings (SSSR count). The first-order valence-corrected chi connectivity index (χ1v) is 10.6. The molecule has 0 bridgehead atoms. The third kappa shape index (κ3) is 4.97. The Balaban J connectivity index is 1.21. The maximum absolute atomic E-state index is 12.5. The van der Waals surface area contributed by atoms with Crippen LogP contribution in [0.4, 0.5) is 0 Å². The Morgan fingerprint density at radius 3 is 2.31 bits per heavy atom. The molecule has 5 nitrogen and oxygen atoms in total. The fourth-order valence-electron chi connectivity index (χ4n) is 3.88. The van der Waals surface area contributed by atoms with E-state index >= 15 is 0 Å². The molecule has 29 heavy (non-hydrogen) atoms. The number of ether oxygens (including phenoxy) is 1. The van der Waals surface area contributed by atoms with Crippen LogP contribution in [0, 0.1) is 11.8 Å². The third-order valence-corrected chi connectivity index (χ3v) is 5.73. The van der Waals surface area contributed by atoms with Crippen LogP contribution in [0.1, 0.15) is 25.7 Å². The van der Waals surface area contributed by atoms with Gasteiger partial charge in [0, 0.05) is 30.5 Å². The van der Waals surface area contributed by atoms with Crippen LogP contribution < -0.4 is 10.1 Å². The molecular formula is C24H28N2O3. The lowest BCUT2D eigenvalue weighted by Gasteiger charge is -2.31. The molecule has 1 heterocycles. The highest BCUT2D eigenvalue weighted by atomic mass is 16.5. The van der Waals surface area contributed by atoms with Crippen molar-refractivity contribution in [2.75, 3.05) is 26.2 Å². The van der Waals surface area contributed by atoms with Gasteiger partial charge in [-0.1, -0.05) is 48.5 Å². The highest BCUT2D eigenvalue weighted by Gasteiger charge is 2.35. The number of hydrogen-bond acceptors (Lipinski definition) is 3. The second-order valence-corrected chi connectivity index (χ2v) is 7.88. The van der Waals surface area contributed by atoms with E-state index in [1.807, 2.05) is 47.4 Å². The molecule has 1 aliphatic heterocycles. The van der Waals surface area contributed by atoms with E-state index in [1.165, 1.54) is 0 Å². The summed E-state index contributed by atoms with van der Waals surface area (Å²) in [6.45, 7) is 2.31. The molecule has 1 saturated heterocycles. The van der Waals surface area contributed by atoms with E-state index in [1.54, 1.807) is 0 Å². The molecule has 2 fully saturated rings. The van der Waals surface area contributed by atoms with Gasteiger partial charge >= 0.3 is 0 Å². The molecule has 5 heteroatoms. The van der Waals surface area contributed by atoms with Crippen LogP contribution in [0.5, 0.6) is 5.75 Å². The smallest absolute Gasteiger partial charge is 0.225 e. The third-order valence-electron chi connectivity index (χ3n) is 5.73. The zero-order valence-electron chi connectivity index (χ0n) is 16.7. The topological polar surface area (TPSA) is 58.6 Å². The minimum absolute atomic E-state index is 0.00476. The molecule has 1 aliphatic carbocycles. The Hall–Kier alpha value is -2.82. The van der Waals surface area contributed by atoms with E-state index in [-0.39, 0.29) is 23.7 Å². The number of carbonyl (C=O) groups excluding carboxylic acids is 2. The van der Waals surface area contributed by atoms with Crippen molar-refractivity contribution in [1.82, 2.24) is 10.2 Å². The second-order valence-electron chi connectivity index (χ2n) is 7.88. The lowest BCUT2D eigenvalue weighted by molar-refractivity contribution is -0.136. The number of amides is 2. The number of carbonyl (C=O) groups is 2. The predicted octanol–water partition coefficient (Wildman–Crippen LogP) is 3.50. The molecule has 152 valence electrons. The number of para-hydroxylation sites is 1. The fraction of sp³-hybridized carbons (Fsp3) is 0.417. The minimum atomic E-state index is -0.00476. The van der Waals surface area contributed by atoms with Crippen molar-refractivity contribution in [2.45, 2.75) is 25.7 Å². The standard InChI is InChI=1S/C24H28N2O3/c27-23(19-12-15-26(16-13-19)24(28)20-10-11-20)25-14-17-29-22-9-5-4-8-21(22)18-6-2-1-3-7-18/h1-9,19-20H,10-17H2,(H,25,27). The number of rotatable bonds is 7. The number of hydrogen-bond donors (Lipinski definition) is 1. The van der Waals surface area contributed by atoms with Crippen LogP contribution in [-0.2, 0) is 9.59 Å². The van der Waals surface area contributed by atoms with Crippen LogP contribution in [0.25, 0.3) is 11.1 Å². The van der Waals surface area contributed by atoms with Gasteiger partial charge in [-0.3, -0.25) is 9.59 Å². The van der Waals surface area contributed by atoms with Gasteiger partial charge in [0.25, 0.3) is 0 Å². The van der Waals surface area contributed by atoms with Crippen LogP contribution in [-0.4, -0.2) is 43.0 Å². The summed E-state index contributed by atoms with van der Waals surface area (Å²) in [5.74, 6) is 1.43. The molecule has 2 amide bonds. The predicted molar refractivity (Wildman–Crippen MR) is 112 cm³/mol. The summed E-state index contributed by atoms with van der Waals surface area (Å²) in [5, 5.41) is 2.99. The number of likely N-dealkylation sites (tertiary alicyclic amines) is 1. The van der Waals surface area contributed by atoms with Crippen LogP contribution >= 0.6 is 0 Å². The highest BCUT2D eigenvalue weighted by molar-refractivity contribution is 5.82. The van der Waals surface area contributed by atoms with Gasteiger partial charge in [0.1, 0.15) is 12.4 Å². The Kier molecular flexibility index (Phi) is 6.13. The van der Waals surface area contributed by atoms with E-state index in [0.29, 0.717) is 26.2 Å². The Bertz CT molecular complexity index is 840. The summed E-state index contributed by atoms with van der Waals surface area (Å²) in [6, 6.07) is 18.1. The average Bonchev–Trinajstić information content (AvgIpc) is 3.62. The van der Waals surface area contributed by atoms with Crippen molar-refractivity contribution < 1.29 is 14.3 Å². The van der Waals surface area contributed by atoms with Crippen molar-refractivity contribution in [3.63, 3.8) is 0 Å². The summed E-state index contributed by atoms with van der Waals surface area (Å²) in [4.78, 5) is 26.5. The molecule has 2 aliphatic rings.